The Kier molecular flexibility index (Phi) is 5.68. The van der Waals surface area contributed by atoms with Crippen LogP contribution in [0.5, 0.6) is 0 Å². The number of ether oxygens (including phenoxy) is 1. The number of aromatic amines is 1. The lowest BCUT2D eigenvalue weighted by Gasteiger charge is -2.33. The summed E-state index contributed by atoms with van der Waals surface area (Å²) in [5.74, 6) is -1.16. The Hall–Kier alpha value is -3.63. The van der Waals surface area contributed by atoms with E-state index in [9.17, 15) is 22.8 Å². The standard InChI is InChI=1S/C25H26F3N5O3/c1-14(21(34)36-3)32(2)23-30-19-13-33(22(35)24(9-10-24)25(26,27)28)11-8-16(19)20(31-23)17-12-29-18-7-5-4-6-15(17)18/h4-7,12,14,29H,8-11,13H2,1-3H3. The van der Waals surface area contributed by atoms with E-state index in [2.05, 4.69) is 9.97 Å². The fourth-order valence-electron chi connectivity index (χ4n) is 4.79. The fourth-order valence-corrected chi connectivity index (χ4v) is 4.79. The molecule has 1 aromatic carbocycles. The van der Waals surface area contributed by atoms with Crippen molar-refractivity contribution in [3.63, 3.8) is 0 Å². The molecular weight excluding hydrogens is 475 g/mol. The summed E-state index contributed by atoms with van der Waals surface area (Å²) in [4.78, 5) is 40.6. The van der Waals surface area contributed by atoms with Gasteiger partial charge in [-0.15, -0.1) is 0 Å². The normalized spacial score (nSPS) is 17.4. The number of alkyl halides is 3. The fraction of sp³-hybridized carbons (Fsp3) is 0.440. The molecule has 1 aliphatic heterocycles. The lowest BCUT2D eigenvalue weighted by atomic mass is 9.96. The lowest BCUT2D eigenvalue weighted by Crippen LogP contribution is -2.46. The Bertz CT molecular complexity index is 1350. The van der Waals surface area contributed by atoms with Crippen LogP contribution in [0.25, 0.3) is 22.2 Å². The number of rotatable bonds is 5. The first-order valence-corrected chi connectivity index (χ1v) is 11.7. The number of hydrogen-bond acceptors (Lipinski definition) is 6. The summed E-state index contributed by atoms with van der Waals surface area (Å²) in [6.07, 6.45) is -2.80. The lowest BCUT2D eigenvalue weighted by molar-refractivity contribution is -0.199. The van der Waals surface area contributed by atoms with Crippen LogP contribution in [-0.2, 0) is 27.3 Å². The summed E-state index contributed by atoms with van der Waals surface area (Å²) in [5.41, 5.74) is 1.33. The Morgan fingerprint density at radius 2 is 1.94 bits per heavy atom. The number of fused-ring (bicyclic) bond motifs is 2. The maximum atomic E-state index is 13.6. The van der Waals surface area contributed by atoms with Crippen molar-refractivity contribution in [2.45, 2.75) is 44.9 Å². The van der Waals surface area contributed by atoms with Crippen molar-refractivity contribution in [1.82, 2.24) is 19.9 Å². The van der Waals surface area contributed by atoms with E-state index in [0.717, 1.165) is 22.0 Å². The number of carbonyl (C=O) groups is 2. The molecule has 1 fully saturated rings. The minimum atomic E-state index is -4.58. The van der Waals surface area contributed by atoms with E-state index >= 15 is 0 Å². The quantitative estimate of drug-likeness (QED) is 0.534. The zero-order valence-electron chi connectivity index (χ0n) is 20.1. The molecule has 5 rings (SSSR count). The highest BCUT2D eigenvalue weighted by molar-refractivity contribution is 5.95. The number of nitrogens with one attached hydrogen (secondary N) is 1. The van der Waals surface area contributed by atoms with Gasteiger partial charge in [-0.2, -0.15) is 13.2 Å². The highest BCUT2D eigenvalue weighted by atomic mass is 19.4. The maximum Gasteiger partial charge on any atom is 0.403 e. The van der Waals surface area contributed by atoms with Gasteiger partial charge in [0.15, 0.2) is 0 Å². The second-order valence-corrected chi connectivity index (χ2v) is 9.41. The average molecular weight is 502 g/mol. The monoisotopic (exact) mass is 501 g/mol. The summed E-state index contributed by atoms with van der Waals surface area (Å²) < 4.78 is 45.8. The van der Waals surface area contributed by atoms with Crippen LogP contribution >= 0.6 is 0 Å². The predicted octanol–water partition coefficient (Wildman–Crippen LogP) is 3.85. The minimum absolute atomic E-state index is 0.0582. The molecule has 3 heterocycles. The molecule has 8 nitrogen and oxygen atoms in total. The zero-order chi connectivity index (χ0) is 25.8. The molecule has 1 aliphatic carbocycles. The molecule has 1 unspecified atom stereocenters. The number of hydrogen-bond donors (Lipinski definition) is 1. The first kappa shape index (κ1) is 24.1. The van der Waals surface area contributed by atoms with E-state index in [-0.39, 0.29) is 31.9 Å². The largest absolute Gasteiger partial charge is 0.467 e. The molecule has 0 radical (unpaired) electrons. The number of esters is 1. The molecular formula is C25H26F3N5O3. The van der Waals surface area contributed by atoms with Crippen molar-refractivity contribution in [1.29, 1.82) is 0 Å². The highest BCUT2D eigenvalue weighted by Gasteiger charge is 2.69. The van der Waals surface area contributed by atoms with E-state index in [4.69, 9.17) is 9.72 Å². The van der Waals surface area contributed by atoms with Gasteiger partial charge in [0.1, 0.15) is 11.5 Å². The number of aromatic nitrogens is 3. The molecule has 0 bridgehead atoms. The molecule has 0 saturated heterocycles. The summed E-state index contributed by atoms with van der Waals surface area (Å²) in [6, 6.07) is 7.00. The van der Waals surface area contributed by atoms with Gasteiger partial charge in [-0.05, 0) is 32.3 Å². The van der Waals surface area contributed by atoms with Gasteiger partial charge in [-0.3, -0.25) is 4.79 Å². The Labute approximate surface area is 205 Å². The number of benzene rings is 1. The predicted molar refractivity (Wildman–Crippen MR) is 126 cm³/mol. The van der Waals surface area contributed by atoms with Crippen LogP contribution in [0.1, 0.15) is 31.0 Å². The van der Waals surface area contributed by atoms with Crippen molar-refractivity contribution in [3.8, 4) is 11.3 Å². The van der Waals surface area contributed by atoms with Crippen molar-refractivity contribution < 1.29 is 27.5 Å². The summed E-state index contributed by atoms with van der Waals surface area (Å²) in [7, 11) is 2.94. The maximum absolute atomic E-state index is 13.6. The van der Waals surface area contributed by atoms with E-state index in [1.54, 1.807) is 18.9 Å². The Morgan fingerprint density at radius 3 is 2.61 bits per heavy atom. The number of halogens is 3. The van der Waals surface area contributed by atoms with Crippen LogP contribution in [0.3, 0.4) is 0 Å². The van der Waals surface area contributed by atoms with Crippen molar-refractivity contribution in [2.24, 2.45) is 5.41 Å². The molecule has 11 heteroatoms. The van der Waals surface area contributed by atoms with Crippen LogP contribution in [0.15, 0.2) is 30.5 Å². The summed E-state index contributed by atoms with van der Waals surface area (Å²) in [6.45, 7) is 1.74. The van der Waals surface area contributed by atoms with Gasteiger partial charge in [0, 0.05) is 41.8 Å². The molecule has 1 atom stereocenters. The van der Waals surface area contributed by atoms with Gasteiger partial charge in [0.25, 0.3) is 0 Å². The number of methoxy groups -OCH3 is 1. The number of para-hydroxylation sites is 1. The van der Waals surface area contributed by atoms with Crippen LogP contribution in [-0.4, -0.2) is 64.6 Å². The number of carbonyl (C=O) groups excluding carboxylic acids is 2. The first-order chi connectivity index (χ1) is 17.1. The zero-order valence-corrected chi connectivity index (χ0v) is 20.1. The highest BCUT2D eigenvalue weighted by Crippen LogP contribution is 2.59. The number of amides is 1. The van der Waals surface area contributed by atoms with Gasteiger partial charge < -0.3 is 19.5 Å². The van der Waals surface area contributed by atoms with Crippen LogP contribution in [0.2, 0.25) is 0 Å². The van der Waals surface area contributed by atoms with Crippen molar-refractivity contribution >= 4 is 28.7 Å². The van der Waals surface area contributed by atoms with E-state index in [1.165, 1.54) is 12.0 Å². The van der Waals surface area contributed by atoms with Gasteiger partial charge in [-0.1, -0.05) is 18.2 Å². The van der Waals surface area contributed by atoms with Crippen LogP contribution in [0.4, 0.5) is 19.1 Å². The van der Waals surface area contributed by atoms with Crippen molar-refractivity contribution in [2.75, 3.05) is 25.6 Å². The first-order valence-electron chi connectivity index (χ1n) is 11.7. The minimum Gasteiger partial charge on any atom is -0.467 e. The molecule has 2 aromatic heterocycles. The SMILES string of the molecule is COC(=O)C(C)N(C)c1nc2c(c(-c3c[nH]c4ccccc34)n1)CCN(C(=O)C1(C(F)(F)F)CC1)C2. The third kappa shape index (κ3) is 3.77. The molecule has 1 amide bonds. The van der Waals surface area contributed by atoms with Gasteiger partial charge in [-0.25, -0.2) is 14.8 Å². The molecule has 190 valence electrons. The molecule has 1 N–H and O–H groups in total. The van der Waals surface area contributed by atoms with Crippen molar-refractivity contribution in [3.05, 3.63) is 41.7 Å². The number of likely N-dealkylation sites (N-methyl/N-ethyl adjacent to an activating group) is 1. The molecule has 1 saturated carbocycles. The van der Waals surface area contributed by atoms with Crippen LogP contribution < -0.4 is 4.90 Å². The van der Waals surface area contributed by atoms with Gasteiger partial charge >= 0.3 is 12.1 Å². The Morgan fingerprint density at radius 1 is 1.22 bits per heavy atom. The molecule has 3 aromatic rings. The number of H-pyrrole nitrogens is 1. The molecule has 36 heavy (non-hydrogen) atoms. The smallest absolute Gasteiger partial charge is 0.403 e. The van der Waals surface area contributed by atoms with E-state index < -0.39 is 29.5 Å². The van der Waals surface area contributed by atoms with E-state index in [0.29, 0.717) is 17.8 Å². The summed E-state index contributed by atoms with van der Waals surface area (Å²) >= 11 is 0. The second-order valence-electron chi connectivity index (χ2n) is 9.41. The van der Waals surface area contributed by atoms with Crippen LogP contribution in [0, 0.1) is 5.41 Å². The summed E-state index contributed by atoms with van der Waals surface area (Å²) in [5, 5.41) is 0.931. The number of nitrogens with zero attached hydrogens (tertiary/aromatic N) is 4. The third-order valence-electron chi connectivity index (χ3n) is 7.33. The van der Waals surface area contributed by atoms with Gasteiger partial charge in [0.05, 0.1) is 25.0 Å². The average Bonchev–Trinajstić information content (AvgIpc) is 3.60. The second kappa shape index (κ2) is 8.49. The molecule has 2 aliphatic rings. The molecule has 0 spiro atoms. The number of anilines is 1. The van der Waals surface area contributed by atoms with E-state index in [1.807, 2.05) is 30.5 Å². The van der Waals surface area contributed by atoms with Gasteiger partial charge in [0.2, 0.25) is 11.9 Å². The Balaban J connectivity index is 1.59. The topological polar surface area (TPSA) is 91.4 Å². The third-order valence-corrected chi connectivity index (χ3v) is 7.33.